The van der Waals surface area contributed by atoms with Crippen molar-refractivity contribution in [2.45, 2.75) is 16.8 Å². The molecule has 1 atom stereocenters. The van der Waals surface area contributed by atoms with Crippen LogP contribution < -0.4 is 0 Å². The van der Waals surface area contributed by atoms with Crippen LogP contribution in [0.1, 0.15) is 11.4 Å². The summed E-state index contributed by atoms with van der Waals surface area (Å²) >= 11 is 0.876. The van der Waals surface area contributed by atoms with Crippen molar-refractivity contribution < 1.29 is 13.2 Å². The Morgan fingerprint density at radius 3 is 2.41 bits per heavy atom. The summed E-state index contributed by atoms with van der Waals surface area (Å²) in [7, 11) is 0. The lowest BCUT2D eigenvalue weighted by Crippen LogP contribution is -2.43. The molecule has 1 aliphatic rings. The number of para-hydroxylation sites is 2. The van der Waals surface area contributed by atoms with Crippen molar-refractivity contribution in [1.29, 1.82) is 0 Å². The van der Waals surface area contributed by atoms with E-state index in [0.717, 1.165) is 11.8 Å². The number of fused-ring (bicyclic) bond motifs is 3. The molecule has 1 unspecified atom stereocenters. The summed E-state index contributed by atoms with van der Waals surface area (Å²) in [4.78, 5) is 2.26. The third-order valence-corrected chi connectivity index (χ3v) is 5.37. The van der Waals surface area contributed by atoms with Gasteiger partial charge in [0.2, 0.25) is 4.87 Å². The van der Waals surface area contributed by atoms with E-state index in [1.807, 2.05) is 0 Å². The summed E-state index contributed by atoms with van der Waals surface area (Å²) in [6, 6.07) is 15.0. The standard InChI is InChI=1S/C16H11F3N2S/c17-16(18,19)15(11-6-2-1-3-7-11)21-13-9-5-4-8-12(13)20-14(21)10-22-15/h1-9H,10H2. The van der Waals surface area contributed by atoms with Gasteiger partial charge in [0, 0.05) is 0 Å². The summed E-state index contributed by atoms with van der Waals surface area (Å²) in [5, 5.41) is 0. The maximum atomic E-state index is 14.1. The number of thioether (sulfide) groups is 1. The third kappa shape index (κ3) is 1.67. The summed E-state index contributed by atoms with van der Waals surface area (Å²) in [6.45, 7) is 0. The number of imidazole rings is 1. The first-order valence-corrected chi connectivity index (χ1v) is 7.75. The Morgan fingerprint density at radius 2 is 1.68 bits per heavy atom. The molecule has 0 fully saturated rings. The Bertz CT molecular complexity index is 841. The van der Waals surface area contributed by atoms with E-state index >= 15 is 0 Å². The number of hydrogen-bond donors (Lipinski definition) is 0. The van der Waals surface area contributed by atoms with Gasteiger partial charge in [-0.2, -0.15) is 13.2 Å². The fourth-order valence-corrected chi connectivity index (χ4v) is 4.34. The molecular formula is C16H11F3N2S. The van der Waals surface area contributed by atoms with Gasteiger partial charge < -0.3 is 0 Å². The molecule has 0 bridgehead atoms. The molecular weight excluding hydrogens is 309 g/mol. The molecule has 0 saturated carbocycles. The SMILES string of the molecule is FC(F)(F)C1(c2ccccc2)SCc2nc3ccccc3n21. The van der Waals surface area contributed by atoms with Gasteiger partial charge in [0.1, 0.15) is 5.82 Å². The molecule has 0 N–H and O–H groups in total. The Kier molecular flexibility index (Phi) is 2.81. The Balaban J connectivity index is 2.09. The van der Waals surface area contributed by atoms with Gasteiger partial charge in [0.15, 0.2) is 0 Å². The highest BCUT2D eigenvalue weighted by atomic mass is 32.2. The van der Waals surface area contributed by atoms with E-state index in [9.17, 15) is 13.2 Å². The van der Waals surface area contributed by atoms with Crippen LogP contribution in [-0.2, 0) is 10.6 Å². The number of alkyl halides is 3. The monoisotopic (exact) mass is 320 g/mol. The van der Waals surface area contributed by atoms with Crippen LogP contribution in [0.4, 0.5) is 13.2 Å². The van der Waals surface area contributed by atoms with E-state index in [4.69, 9.17) is 0 Å². The molecule has 4 rings (SSSR count). The lowest BCUT2D eigenvalue weighted by Gasteiger charge is -2.33. The van der Waals surface area contributed by atoms with Crippen LogP contribution >= 0.6 is 11.8 Å². The number of benzene rings is 2. The Hall–Kier alpha value is -1.95. The van der Waals surface area contributed by atoms with Crippen LogP contribution in [-0.4, -0.2) is 15.7 Å². The van der Waals surface area contributed by atoms with Crippen LogP contribution in [0, 0.1) is 0 Å². The van der Waals surface area contributed by atoms with Gasteiger partial charge in [-0.05, 0) is 17.7 Å². The predicted octanol–water partition coefficient (Wildman–Crippen LogP) is 4.55. The molecule has 1 aliphatic heterocycles. The highest BCUT2D eigenvalue weighted by Gasteiger charge is 2.62. The lowest BCUT2D eigenvalue weighted by molar-refractivity contribution is -0.167. The number of hydrogen-bond acceptors (Lipinski definition) is 2. The average Bonchev–Trinajstić information content (AvgIpc) is 3.04. The van der Waals surface area contributed by atoms with E-state index < -0.39 is 11.0 Å². The third-order valence-electron chi connectivity index (χ3n) is 3.90. The van der Waals surface area contributed by atoms with Crippen molar-refractivity contribution in [2.24, 2.45) is 0 Å². The Labute approximate surface area is 129 Å². The first-order valence-electron chi connectivity index (χ1n) is 6.77. The van der Waals surface area contributed by atoms with Crippen molar-refractivity contribution >= 4 is 22.8 Å². The molecule has 0 saturated heterocycles. The second kappa shape index (κ2) is 4.52. The molecule has 3 aromatic rings. The van der Waals surface area contributed by atoms with Crippen molar-refractivity contribution in [3.63, 3.8) is 0 Å². The smallest absolute Gasteiger partial charge is 0.299 e. The minimum absolute atomic E-state index is 0.231. The van der Waals surface area contributed by atoms with Gasteiger partial charge in [-0.15, -0.1) is 11.8 Å². The van der Waals surface area contributed by atoms with Gasteiger partial charge in [0.25, 0.3) is 0 Å². The summed E-state index contributed by atoms with van der Waals surface area (Å²) < 4.78 is 43.7. The molecule has 2 heterocycles. The second-order valence-electron chi connectivity index (χ2n) is 5.15. The zero-order valence-electron chi connectivity index (χ0n) is 11.3. The van der Waals surface area contributed by atoms with Gasteiger partial charge in [-0.25, -0.2) is 4.98 Å². The molecule has 0 amide bonds. The minimum Gasteiger partial charge on any atom is -0.299 e. The first-order chi connectivity index (χ1) is 10.5. The largest absolute Gasteiger partial charge is 0.425 e. The summed E-state index contributed by atoms with van der Waals surface area (Å²) in [5.74, 6) is 0.704. The molecule has 112 valence electrons. The molecule has 2 nitrogen and oxygen atoms in total. The molecule has 22 heavy (non-hydrogen) atoms. The first kappa shape index (κ1) is 13.7. The zero-order chi connectivity index (χ0) is 15.4. The van der Waals surface area contributed by atoms with Gasteiger partial charge >= 0.3 is 6.18 Å². The number of halogens is 3. The van der Waals surface area contributed by atoms with Crippen LogP contribution in [0.3, 0.4) is 0 Å². The molecule has 0 radical (unpaired) electrons. The normalized spacial score (nSPS) is 21.2. The molecule has 0 aliphatic carbocycles. The Morgan fingerprint density at radius 1 is 1.00 bits per heavy atom. The molecule has 1 aromatic heterocycles. The highest BCUT2D eigenvalue weighted by Crippen LogP contribution is 2.56. The van der Waals surface area contributed by atoms with Gasteiger partial charge in [-0.3, -0.25) is 4.57 Å². The van der Waals surface area contributed by atoms with E-state index in [-0.39, 0.29) is 11.3 Å². The fourth-order valence-electron chi connectivity index (χ4n) is 3.01. The lowest BCUT2D eigenvalue weighted by atomic mass is 10.0. The van der Waals surface area contributed by atoms with Crippen LogP contribution in [0.25, 0.3) is 11.0 Å². The topological polar surface area (TPSA) is 17.8 Å². The number of aromatic nitrogens is 2. The maximum absolute atomic E-state index is 14.1. The van der Waals surface area contributed by atoms with E-state index in [1.54, 1.807) is 42.5 Å². The van der Waals surface area contributed by atoms with E-state index in [0.29, 0.717) is 16.9 Å². The summed E-state index contributed by atoms with van der Waals surface area (Å²) in [5.41, 5.74) is 1.35. The van der Waals surface area contributed by atoms with Crippen molar-refractivity contribution in [1.82, 2.24) is 9.55 Å². The van der Waals surface area contributed by atoms with Crippen molar-refractivity contribution in [3.8, 4) is 0 Å². The van der Waals surface area contributed by atoms with Crippen molar-refractivity contribution in [3.05, 3.63) is 66.0 Å². The maximum Gasteiger partial charge on any atom is 0.425 e. The highest BCUT2D eigenvalue weighted by molar-refractivity contribution is 7.99. The van der Waals surface area contributed by atoms with Gasteiger partial charge in [-0.1, -0.05) is 42.5 Å². The molecule has 0 spiro atoms. The van der Waals surface area contributed by atoms with Crippen LogP contribution in [0.5, 0.6) is 0 Å². The molecule has 2 aromatic carbocycles. The fraction of sp³-hybridized carbons (Fsp3) is 0.188. The minimum atomic E-state index is -4.42. The zero-order valence-corrected chi connectivity index (χ0v) is 12.2. The summed E-state index contributed by atoms with van der Waals surface area (Å²) in [6.07, 6.45) is -4.42. The quantitative estimate of drug-likeness (QED) is 0.655. The average molecular weight is 320 g/mol. The van der Waals surface area contributed by atoms with Crippen LogP contribution in [0.15, 0.2) is 54.6 Å². The van der Waals surface area contributed by atoms with Gasteiger partial charge in [0.05, 0.1) is 16.8 Å². The van der Waals surface area contributed by atoms with E-state index in [2.05, 4.69) is 4.98 Å². The number of nitrogens with zero attached hydrogens (tertiary/aromatic N) is 2. The number of rotatable bonds is 1. The van der Waals surface area contributed by atoms with E-state index in [1.165, 1.54) is 16.7 Å². The van der Waals surface area contributed by atoms with Crippen LogP contribution in [0.2, 0.25) is 0 Å². The second-order valence-corrected chi connectivity index (χ2v) is 6.32. The van der Waals surface area contributed by atoms with Crippen molar-refractivity contribution in [2.75, 3.05) is 0 Å². The predicted molar refractivity (Wildman–Crippen MR) is 80.6 cm³/mol. The molecule has 6 heteroatoms.